The number of pyridine rings is 1. The highest BCUT2D eigenvalue weighted by Crippen LogP contribution is 2.44. The van der Waals surface area contributed by atoms with Gasteiger partial charge in [-0.3, -0.25) is 9.88 Å². The summed E-state index contributed by atoms with van der Waals surface area (Å²) >= 11 is 0. The summed E-state index contributed by atoms with van der Waals surface area (Å²) in [4.78, 5) is 7.10. The average Bonchev–Trinajstić information content (AvgIpc) is 2.41. The van der Waals surface area contributed by atoms with Gasteiger partial charge in [-0.25, -0.2) is 0 Å². The fourth-order valence-corrected chi connectivity index (χ4v) is 3.95. The number of nitrogens with zero attached hydrogens (tertiary/aromatic N) is 2. The van der Waals surface area contributed by atoms with Crippen LogP contribution in [-0.2, 0) is 11.3 Å². The molecule has 3 heteroatoms. The molecular weight excluding hydrogens is 260 g/mol. The van der Waals surface area contributed by atoms with E-state index < -0.39 is 0 Å². The summed E-state index contributed by atoms with van der Waals surface area (Å²) in [5, 5.41) is 0. The third kappa shape index (κ3) is 3.14. The van der Waals surface area contributed by atoms with Crippen LogP contribution in [-0.4, -0.2) is 34.2 Å². The van der Waals surface area contributed by atoms with Crippen LogP contribution < -0.4 is 0 Å². The Bertz CT molecular complexity index is 514. The number of likely N-dealkylation sites (tertiary alicyclic amines) is 1. The van der Waals surface area contributed by atoms with Gasteiger partial charge in [0.05, 0.1) is 16.9 Å². The van der Waals surface area contributed by atoms with Crippen LogP contribution in [0.5, 0.6) is 0 Å². The van der Waals surface area contributed by atoms with Gasteiger partial charge in [0.1, 0.15) is 0 Å². The molecule has 2 atom stereocenters. The van der Waals surface area contributed by atoms with Crippen LogP contribution in [0.1, 0.15) is 51.3 Å². The molecule has 2 aliphatic rings. The molecule has 0 radical (unpaired) electrons. The molecule has 0 aromatic carbocycles. The molecule has 2 fully saturated rings. The van der Waals surface area contributed by atoms with E-state index in [9.17, 15) is 0 Å². The summed E-state index contributed by atoms with van der Waals surface area (Å²) in [7, 11) is 0. The first kappa shape index (κ1) is 15.0. The van der Waals surface area contributed by atoms with E-state index in [4.69, 9.17) is 4.74 Å². The molecule has 116 valence electrons. The number of fused-ring (bicyclic) bond motifs is 1. The minimum absolute atomic E-state index is 0.0466. The predicted octanol–water partition coefficient (Wildman–Crippen LogP) is 3.56. The Balaban J connectivity index is 1.67. The molecule has 0 unspecified atom stereocenters. The maximum atomic E-state index is 6.45. The standard InChI is InChI=1S/C18H28N2O/c1-14-6-5-10-19-16(14)13-20-11-9-18(4)15(12-20)7-8-17(2,3)21-18/h5-6,10,15H,7-9,11-13H2,1-4H3/t15-,18+/m0/s1. The summed E-state index contributed by atoms with van der Waals surface area (Å²) in [6.07, 6.45) is 5.49. The average molecular weight is 288 g/mol. The van der Waals surface area contributed by atoms with Crippen LogP contribution in [0.25, 0.3) is 0 Å². The van der Waals surface area contributed by atoms with E-state index in [-0.39, 0.29) is 11.2 Å². The van der Waals surface area contributed by atoms with Crippen molar-refractivity contribution in [2.75, 3.05) is 13.1 Å². The number of ether oxygens (including phenoxy) is 1. The van der Waals surface area contributed by atoms with Gasteiger partial charge >= 0.3 is 0 Å². The second kappa shape index (κ2) is 5.36. The van der Waals surface area contributed by atoms with Gasteiger partial charge in [0.2, 0.25) is 0 Å². The fourth-order valence-electron chi connectivity index (χ4n) is 3.95. The third-order valence-corrected chi connectivity index (χ3v) is 5.36. The molecule has 1 aromatic heterocycles. The van der Waals surface area contributed by atoms with E-state index >= 15 is 0 Å². The van der Waals surface area contributed by atoms with Gasteiger partial charge in [-0.15, -0.1) is 0 Å². The lowest BCUT2D eigenvalue weighted by Crippen LogP contribution is -2.57. The summed E-state index contributed by atoms with van der Waals surface area (Å²) in [5.41, 5.74) is 2.63. The lowest BCUT2D eigenvalue weighted by Gasteiger charge is -2.53. The molecule has 1 aromatic rings. The van der Waals surface area contributed by atoms with Gasteiger partial charge in [-0.05, 0) is 58.6 Å². The first-order chi connectivity index (χ1) is 9.88. The normalized spacial score (nSPS) is 32.7. The number of hydrogen-bond acceptors (Lipinski definition) is 3. The Morgan fingerprint density at radius 3 is 2.90 bits per heavy atom. The molecule has 0 aliphatic carbocycles. The van der Waals surface area contributed by atoms with Gasteiger partial charge in [0, 0.05) is 31.7 Å². The van der Waals surface area contributed by atoms with Crippen molar-refractivity contribution in [3.8, 4) is 0 Å². The maximum Gasteiger partial charge on any atom is 0.0714 e. The van der Waals surface area contributed by atoms with Crippen molar-refractivity contribution >= 4 is 0 Å². The number of rotatable bonds is 2. The minimum Gasteiger partial charge on any atom is -0.369 e. The molecule has 3 rings (SSSR count). The smallest absolute Gasteiger partial charge is 0.0714 e. The highest BCUT2D eigenvalue weighted by atomic mass is 16.5. The quantitative estimate of drug-likeness (QED) is 0.832. The van der Waals surface area contributed by atoms with E-state index in [0.717, 1.165) is 26.1 Å². The zero-order chi connectivity index (χ0) is 15.1. The van der Waals surface area contributed by atoms with E-state index in [0.29, 0.717) is 5.92 Å². The largest absolute Gasteiger partial charge is 0.369 e. The molecule has 21 heavy (non-hydrogen) atoms. The molecule has 2 aliphatic heterocycles. The maximum absolute atomic E-state index is 6.45. The topological polar surface area (TPSA) is 25.4 Å². The zero-order valence-corrected chi connectivity index (χ0v) is 13.9. The van der Waals surface area contributed by atoms with Gasteiger partial charge in [0.25, 0.3) is 0 Å². The zero-order valence-electron chi connectivity index (χ0n) is 13.9. The highest BCUT2D eigenvalue weighted by molar-refractivity contribution is 5.17. The molecule has 3 nitrogen and oxygen atoms in total. The van der Waals surface area contributed by atoms with Gasteiger partial charge in [0.15, 0.2) is 0 Å². The van der Waals surface area contributed by atoms with Gasteiger partial charge in [-0.2, -0.15) is 0 Å². The number of aromatic nitrogens is 1. The van der Waals surface area contributed by atoms with Crippen LogP contribution in [0.4, 0.5) is 0 Å². The summed E-state index contributed by atoms with van der Waals surface area (Å²) < 4.78 is 6.45. The predicted molar refractivity (Wildman–Crippen MR) is 85.2 cm³/mol. The fraction of sp³-hybridized carbons (Fsp3) is 0.722. The number of aryl methyl sites for hydroxylation is 1. The van der Waals surface area contributed by atoms with Crippen molar-refractivity contribution in [2.45, 2.75) is 64.7 Å². The van der Waals surface area contributed by atoms with Crippen molar-refractivity contribution in [2.24, 2.45) is 5.92 Å². The molecule has 0 amide bonds. The Morgan fingerprint density at radius 1 is 1.33 bits per heavy atom. The summed E-state index contributed by atoms with van der Waals surface area (Å²) in [6, 6.07) is 4.17. The molecule has 3 heterocycles. The SMILES string of the molecule is Cc1cccnc1CN1CC[C@@]2(C)OC(C)(C)CC[C@H]2C1. The Labute approximate surface area is 128 Å². The first-order valence-electron chi connectivity index (χ1n) is 8.21. The van der Waals surface area contributed by atoms with Crippen molar-refractivity contribution in [1.82, 2.24) is 9.88 Å². The van der Waals surface area contributed by atoms with Crippen molar-refractivity contribution in [3.63, 3.8) is 0 Å². The molecule has 0 spiro atoms. The molecule has 0 N–H and O–H groups in total. The van der Waals surface area contributed by atoms with E-state index in [1.54, 1.807) is 0 Å². The second-order valence-electron chi connectivity index (χ2n) is 7.66. The number of hydrogen-bond donors (Lipinski definition) is 0. The minimum atomic E-state index is 0.0466. The lowest BCUT2D eigenvalue weighted by molar-refractivity contribution is -0.214. The third-order valence-electron chi connectivity index (χ3n) is 5.36. The molecule has 0 saturated carbocycles. The second-order valence-corrected chi connectivity index (χ2v) is 7.66. The van der Waals surface area contributed by atoms with Crippen LogP contribution in [0, 0.1) is 12.8 Å². The van der Waals surface area contributed by atoms with Crippen molar-refractivity contribution < 1.29 is 4.74 Å². The lowest BCUT2D eigenvalue weighted by atomic mass is 9.74. The van der Waals surface area contributed by atoms with Crippen LogP contribution in [0.15, 0.2) is 18.3 Å². The van der Waals surface area contributed by atoms with Gasteiger partial charge in [-0.1, -0.05) is 6.07 Å². The van der Waals surface area contributed by atoms with E-state index in [2.05, 4.69) is 43.6 Å². The Morgan fingerprint density at radius 2 is 2.14 bits per heavy atom. The number of piperidine rings is 1. The van der Waals surface area contributed by atoms with Crippen LogP contribution in [0.2, 0.25) is 0 Å². The highest BCUT2D eigenvalue weighted by Gasteiger charge is 2.47. The van der Waals surface area contributed by atoms with Crippen LogP contribution in [0.3, 0.4) is 0 Å². The van der Waals surface area contributed by atoms with E-state index in [1.807, 2.05) is 12.3 Å². The molecule has 0 bridgehead atoms. The van der Waals surface area contributed by atoms with Crippen LogP contribution >= 0.6 is 0 Å². The van der Waals surface area contributed by atoms with Crippen molar-refractivity contribution in [1.29, 1.82) is 0 Å². The van der Waals surface area contributed by atoms with Crippen molar-refractivity contribution in [3.05, 3.63) is 29.6 Å². The van der Waals surface area contributed by atoms with Gasteiger partial charge < -0.3 is 4.74 Å². The Hall–Kier alpha value is -0.930. The molecular formula is C18H28N2O. The Kier molecular flexibility index (Phi) is 3.83. The summed E-state index contributed by atoms with van der Waals surface area (Å²) in [6.45, 7) is 12.2. The summed E-state index contributed by atoms with van der Waals surface area (Å²) in [5.74, 6) is 0.656. The van der Waals surface area contributed by atoms with E-state index in [1.165, 1.54) is 24.1 Å². The molecule has 2 saturated heterocycles. The first-order valence-corrected chi connectivity index (χ1v) is 8.21. The monoisotopic (exact) mass is 288 g/mol.